The number of nitrogens with zero attached hydrogens (tertiary/aromatic N) is 1. The number of aromatic nitrogens is 2. The molecule has 0 saturated heterocycles. The number of thiophene rings is 1. The van der Waals surface area contributed by atoms with E-state index in [1.165, 1.54) is 17.7 Å². The minimum absolute atomic E-state index is 0.102. The Labute approximate surface area is 151 Å². The fourth-order valence-corrected chi connectivity index (χ4v) is 3.35. The number of rotatable bonds is 6. The summed E-state index contributed by atoms with van der Waals surface area (Å²) in [7, 11) is 0. The van der Waals surface area contributed by atoms with Gasteiger partial charge in [0.2, 0.25) is 5.91 Å². The molecule has 2 aromatic heterocycles. The van der Waals surface area contributed by atoms with Gasteiger partial charge in [0.05, 0.1) is 18.3 Å². The van der Waals surface area contributed by atoms with Crippen molar-refractivity contribution in [3.8, 4) is 0 Å². The van der Waals surface area contributed by atoms with Crippen molar-refractivity contribution in [2.24, 2.45) is 0 Å². The minimum atomic E-state index is -0.221. The molecular weight excluding hydrogens is 362 g/mol. The maximum absolute atomic E-state index is 12.0. The van der Waals surface area contributed by atoms with Gasteiger partial charge in [-0.3, -0.25) is 14.4 Å². The van der Waals surface area contributed by atoms with E-state index in [0.717, 1.165) is 4.88 Å². The fraction of sp³-hybridized carbons (Fsp3) is 0.176. The number of aromatic amines is 1. The number of halogens is 1. The Morgan fingerprint density at radius 2 is 1.96 bits per heavy atom. The van der Waals surface area contributed by atoms with E-state index in [1.807, 2.05) is 0 Å². The molecule has 0 aliphatic rings. The molecule has 3 rings (SSSR count). The summed E-state index contributed by atoms with van der Waals surface area (Å²) in [6.45, 7) is 0.300. The van der Waals surface area contributed by atoms with Crippen LogP contribution in [0.2, 0.25) is 5.02 Å². The van der Waals surface area contributed by atoms with Crippen molar-refractivity contribution in [3.05, 3.63) is 62.5 Å². The zero-order chi connectivity index (χ0) is 17.8. The molecule has 0 unspecified atom stereocenters. The van der Waals surface area contributed by atoms with E-state index in [4.69, 9.17) is 11.6 Å². The van der Waals surface area contributed by atoms with Crippen LogP contribution >= 0.6 is 22.9 Å². The summed E-state index contributed by atoms with van der Waals surface area (Å²) < 4.78 is 0. The summed E-state index contributed by atoms with van der Waals surface area (Å²) >= 11 is 7.13. The number of fused-ring (bicyclic) bond motifs is 1. The second-order valence-electron chi connectivity index (χ2n) is 5.37. The third-order valence-corrected chi connectivity index (χ3v) is 4.89. The van der Waals surface area contributed by atoms with Gasteiger partial charge in [0, 0.05) is 28.3 Å². The normalized spacial score (nSPS) is 10.8. The molecule has 128 valence electrons. The monoisotopic (exact) mass is 375 g/mol. The summed E-state index contributed by atoms with van der Waals surface area (Å²) in [5.41, 5.74) is 0.333. The first-order valence-corrected chi connectivity index (χ1v) is 8.74. The average Bonchev–Trinajstić information content (AvgIpc) is 3.03. The standard InChI is InChI=1S/C17H14ClN3O3S/c18-11-3-1-10(2-4-11)14(22)5-6-15(23)19-8-12-7-13-16(24)20-9-21-17(13)25-12/h1-4,7,9H,5-6,8H2,(H,19,23)(H,20,21,24). The van der Waals surface area contributed by atoms with E-state index in [0.29, 0.717) is 27.3 Å². The average molecular weight is 376 g/mol. The zero-order valence-electron chi connectivity index (χ0n) is 13.0. The lowest BCUT2D eigenvalue weighted by Crippen LogP contribution is -2.22. The van der Waals surface area contributed by atoms with Gasteiger partial charge in [0.25, 0.3) is 5.56 Å². The number of nitrogens with one attached hydrogen (secondary N) is 2. The van der Waals surface area contributed by atoms with Crippen LogP contribution in [0, 0.1) is 0 Å². The summed E-state index contributed by atoms with van der Waals surface area (Å²) in [5.74, 6) is -0.328. The maximum atomic E-state index is 12.0. The second kappa shape index (κ2) is 7.58. The Morgan fingerprint density at radius 3 is 2.68 bits per heavy atom. The van der Waals surface area contributed by atoms with E-state index in [1.54, 1.807) is 30.3 Å². The summed E-state index contributed by atoms with van der Waals surface area (Å²) in [4.78, 5) is 43.6. The zero-order valence-corrected chi connectivity index (χ0v) is 14.6. The molecule has 6 nitrogen and oxygen atoms in total. The Morgan fingerprint density at radius 1 is 1.20 bits per heavy atom. The molecule has 0 aliphatic heterocycles. The Kier molecular flexibility index (Phi) is 5.25. The van der Waals surface area contributed by atoms with Crippen LogP contribution in [0.25, 0.3) is 10.2 Å². The van der Waals surface area contributed by atoms with Gasteiger partial charge in [-0.05, 0) is 30.3 Å². The minimum Gasteiger partial charge on any atom is -0.351 e. The number of H-pyrrole nitrogens is 1. The smallest absolute Gasteiger partial charge is 0.259 e. The maximum Gasteiger partial charge on any atom is 0.259 e. The van der Waals surface area contributed by atoms with Crippen LogP contribution in [0.5, 0.6) is 0 Å². The largest absolute Gasteiger partial charge is 0.351 e. The van der Waals surface area contributed by atoms with Crippen LogP contribution in [0.4, 0.5) is 0 Å². The number of amides is 1. The van der Waals surface area contributed by atoms with Gasteiger partial charge < -0.3 is 10.3 Å². The van der Waals surface area contributed by atoms with Gasteiger partial charge in [-0.15, -0.1) is 11.3 Å². The van der Waals surface area contributed by atoms with E-state index in [9.17, 15) is 14.4 Å². The first-order chi connectivity index (χ1) is 12.0. The topological polar surface area (TPSA) is 91.9 Å². The second-order valence-corrected chi connectivity index (χ2v) is 6.92. The number of benzene rings is 1. The number of ketones is 1. The molecule has 0 radical (unpaired) electrons. The Bertz CT molecular complexity index is 979. The number of hydrogen-bond donors (Lipinski definition) is 2. The van der Waals surface area contributed by atoms with Crippen molar-refractivity contribution in [3.63, 3.8) is 0 Å². The van der Waals surface area contributed by atoms with Gasteiger partial charge in [0.15, 0.2) is 5.78 Å². The highest BCUT2D eigenvalue weighted by Crippen LogP contribution is 2.20. The number of Topliss-reactive ketones (excluding diaryl/α,β-unsaturated/α-hetero) is 1. The van der Waals surface area contributed by atoms with E-state index in [2.05, 4.69) is 15.3 Å². The fourth-order valence-electron chi connectivity index (χ4n) is 2.29. The van der Waals surface area contributed by atoms with Gasteiger partial charge in [0.1, 0.15) is 4.83 Å². The quantitative estimate of drug-likeness (QED) is 0.648. The lowest BCUT2D eigenvalue weighted by atomic mass is 10.1. The number of carbonyl (C=O) groups is 2. The first-order valence-electron chi connectivity index (χ1n) is 7.54. The van der Waals surface area contributed by atoms with Gasteiger partial charge in [-0.2, -0.15) is 0 Å². The van der Waals surface area contributed by atoms with Crippen LogP contribution in [0.3, 0.4) is 0 Å². The van der Waals surface area contributed by atoms with Crippen LogP contribution in [-0.4, -0.2) is 21.7 Å². The predicted molar refractivity (Wildman–Crippen MR) is 97.1 cm³/mol. The summed E-state index contributed by atoms with van der Waals surface area (Å²) in [5, 5.41) is 3.82. The molecule has 0 saturated carbocycles. The molecule has 0 aliphatic carbocycles. The highest BCUT2D eigenvalue weighted by molar-refractivity contribution is 7.18. The van der Waals surface area contributed by atoms with Crippen LogP contribution < -0.4 is 10.9 Å². The van der Waals surface area contributed by atoms with Crippen molar-refractivity contribution < 1.29 is 9.59 Å². The lowest BCUT2D eigenvalue weighted by molar-refractivity contribution is -0.121. The molecule has 8 heteroatoms. The van der Waals surface area contributed by atoms with Gasteiger partial charge >= 0.3 is 0 Å². The number of hydrogen-bond acceptors (Lipinski definition) is 5. The van der Waals surface area contributed by atoms with E-state index >= 15 is 0 Å². The van der Waals surface area contributed by atoms with Crippen LogP contribution in [0.15, 0.2) is 41.5 Å². The predicted octanol–water partition coefficient (Wildman–Crippen LogP) is 2.92. The molecule has 0 fully saturated rings. The molecule has 2 heterocycles. The van der Waals surface area contributed by atoms with E-state index < -0.39 is 0 Å². The molecule has 2 N–H and O–H groups in total. The molecular formula is C17H14ClN3O3S. The third kappa shape index (κ3) is 4.32. The van der Waals surface area contributed by atoms with Gasteiger partial charge in [-0.1, -0.05) is 11.6 Å². The molecule has 1 aromatic carbocycles. The molecule has 0 bridgehead atoms. The number of carbonyl (C=O) groups excluding carboxylic acids is 2. The van der Waals surface area contributed by atoms with Crippen molar-refractivity contribution in [1.29, 1.82) is 0 Å². The van der Waals surface area contributed by atoms with E-state index in [-0.39, 0.29) is 30.1 Å². The van der Waals surface area contributed by atoms with Crippen molar-refractivity contribution in [1.82, 2.24) is 15.3 Å². The lowest BCUT2D eigenvalue weighted by Gasteiger charge is -2.04. The van der Waals surface area contributed by atoms with Crippen molar-refractivity contribution in [2.75, 3.05) is 0 Å². The van der Waals surface area contributed by atoms with Gasteiger partial charge in [-0.25, -0.2) is 4.98 Å². The third-order valence-electron chi connectivity index (χ3n) is 3.59. The van der Waals surface area contributed by atoms with Crippen molar-refractivity contribution >= 4 is 44.8 Å². The molecule has 1 amide bonds. The summed E-state index contributed by atoms with van der Waals surface area (Å²) in [6, 6.07) is 8.29. The molecule has 3 aromatic rings. The Hall–Kier alpha value is -2.51. The van der Waals surface area contributed by atoms with Crippen LogP contribution in [-0.2, 0) is 11.3 Å². The molecule has 0 atom stereocenters. The summed E-state index contributed by atoms with van der Waals surface area (Å²) in [6.07, 6.45) is 1.58. The van der Waals surface area contributed by atoms with Crippen LogP contribution in [0.1, 0.15) is 28.1 Å². The first kappa shape index (κ1) is 17.3. The molecule has 0 spiro atoms. The molecule has 25 heavy (non-hydrogen) atoms. The Balaban J connectivity index is 1.52. The highest BCUT2D eigenvalue weighted by Gasteiger charge is 2.11. The highest BCUT2D eigenvalue weighted by atomic mass is 35.5. The van der Waals surface area contributed by atoms with Crippen molar-refractivity contribution in [2.45, 2.75) is 19.4 Å². The SMILES string of the molecule is O=C(CCC(=O)c1ccc(Cl)cc1)NCc1cc2c(=O)[nH]cnc2s1.